The maximum Gasteiger partial charge on any atom is 0.262 e. The van der Waals surface area contributed by atoms with E-state index in [0.717, 1.165) is 45.2 Å². The highest BCUT2D eigenvalue weighted by molar-refractivity contribution is 7.92. The van der Waals surface area contributed by atoms with Crippen molar-refractivity contribution in [2.24, 2.45) is 5.92 Å². The Balaban J connectivity index is 1.85. The van der Waals surface area contributed by atoms with Crippen molar-refractivity contribution in [1.82, 2.24) is 10.2 Å². The lowest BCUT2D eigenvalue weighted by Crippen LogP contribution is -2.48. The van der Waals surface area contributed by atoms with Gasteiger partial charge in [0.1, 0.15) is 0 Å². The van der Waals surface area contributed by atoms with E-state index in [1.54, 1.807) is 30.3 Å². The van der Waals surface area contributed by atoms with E-state index in [-0.39, 0.29) is 16.8 Å². The summed E-state index contributed by atoms with van der Waals surface area (Å²) >= 11 is 0. The summed E-state index contributed by atoms with van der Waals surface area (Å²) in [7, 11) is -0.961. The van der Waals surface area contributed by atoms with Crippen LogP contribution in [-0.2, 0) is 10.0 Å². The van der Waals surface area contributed by atoms with Gasteiger partial charge in [-0.25, -0.2) is 8.42 Å². The Bertz CT molecular complexity index is 1120. The zero-order valence-corrected chi connectivity index (χ0v) is 22.6. The van der Waals surface area contributed by atoms with E-state index in [9.17, 15) is 13.2 Å². The van der Waals surface area contributed by atoms with Crippen molar-refractivity contribution in [1.29, 1.82) is 0 Å². The zero-order chi connectivity index (χ0) is 26.1. The number of amides is 1. The number of nitrogens with zero attached hydrogens (tertiary/aromatic N) is 1. The number of ether oxygens (including phenoxy) is 2. The molecule has 0 spiro atoms. The summed E-state index contributed by atoms with van der Waals surface area (Å²) in [6.07, 6.45) is 5.20. The molecule has 1 amide bonds. The van der Waals surface area contributed by atoms with Crippen LogP contribution in [0, 0.1) is 5.92 Å². The summed E-state index contributed by atoms with van der Waals surface area (Å²) in [5, 5.41) is 3.50. The highest BCUT2D eigenvalue weighted by Gasteiger charge is 2.31. The lowest BCUT2D eigenvalue weighted by molar-refractivity contribution is 0.0611. The molecule has 0 saturated carbocycles. The average molecular weight is 518 g/mol. The van der Waals surface area contributed by atoms with E-state index in [2.05, 4.69) is 23.9 Å². The van der Waals surface area contributed by atoms with Gasteiger partial charge in [-0.15, -0.1) is 0 Å². The molecular formula is C27H39N3O5S. The van der Waals surface area contributed by atoms with Gasteiger partial charge >= 0.3 is 0 Å². The van der Waals surface area contributed by atoms with Crippen LogP contribution in [-0.4, -0.2) is 59.1 Å². The molecule has 1 atom stereocenters. The first-order chi connectivity index (χ1) is 17.3. The molecule has 8 nitrogen and oxygen atoms in total. The third kappa shape index (κ3) is 6.70. The van der Waals surface area contributed by atoms with E-state index in [1.165, 1.54) is 26.4 Å². The third-order valence-electron chi connectivity index (χ3n) is 6.66. The fraction of sp³-hybridized carbons (Fsp3) is 0.519. The predicted octanol–water partition coefficient (Wildman–Crippen LogP) is 4.53. The van der Waals surface area contributed by atoms with Crippen molar-refractivity contribution in [2.75, 3.05) is 38.6 Å². The minimum absolute atomic E-state index is 0.0394. The molecule has 3 rings (SSSR count). The average Bonchev–Trinajstić information content (AvgIpc) is 3.13. The number of hydrogen-bond donors (Lipinski definition) is 2. The molecule has 1 unspecified atom stereocenters. The SMILES string of the molecule is CCCC(CCC)C1CNCCCN1C(=O)c1cccc(NS(=O)(=O)c2ccc(OC)c(OC)c2)c1. The van der Waals surface area contributed by atoms with Crippen LogP contribution >= 0.6 is 0 Å². The maximum absolute atomic E-state index is 13.7. The number of sulfonamides is 1. The van der Waals surface area contributed by atoms with Gasteiger partial charge in [0.25, 0.3) is 15.9 Å². The lowest BCUT2D eigenvalue weighted by Gasteiger charge is -2.36. The molecule has 198 valence electrons. The first-order valence-electron chi connectivity index (χ1n) is 12.7. The fourth-order valence-electron chi connectivity index (χ4n) is 4.92. The van der Waals surface area contributed by atoms with Crippen molar-refractivity contribution in [2.45, 2.75) is 56.9 Å². The number of rotatable bonds is 11. The van der Waals surface area contributed by atoms with Gasteiger partial charge in [-0.2, -0.15) is 0 Å². The molecule has 0 bridgehead atoms. The number of hydrogen-bond acceptors (Lipinski definition) is 6. The molecule has 2 aromatic rings. The Labute approximate surface area is 215 Å². The third-order valence-corrected chi connectivity index (χ3v) is 8.04. The second-order valence-corrected chi connectivity index (χ2v) is 10.8. The Hall–Kier alpha value is -2.78. The highest BCUT2D eigenvalue weighted by Crippen LogP contribution is 2.30. The zero-order valence-electron chi connectivity index (χ0n) is 21.7. The fourth-order valence-corrected chi connectivity index (χ4v) is 5.99. The summed E-state index contributed by atoms with van der Waals surface area (Å²) in [5.74, 6) is 1.13. The molecule has 0 aromatic heterocycles. The molecule has 36 heavy (non-hydrogen) atoms. The summed E-state index contributed by atoms with van der Waals surface area (Å²) in [4.78, 5) is 15.7. The van der Waals surface area contributed by atoms with Crippen LogP contribution < -0.4 is 19.5 Å². The molecule has 1 heterocycles. The molecule has 1 aliphatic rings. The van der Waals surface area contributed by atoms with Gasteiger partial charge in [-0.05, 0) is 62.1 Å². The van der Waals surface area contributed by atoms with Crippen LogP contribution in [0.2, 0.25) is 0 Å². The number of anilines is 1. The first kappa shape index (κ1) is 27.8. The van der Waals surface area contributed by atoms with Crippen molar-refractivity contribution in [3.8, 4) is 11.5 Å². The number of nitrogens with one attached hydrogen (secondary N) is 2. The van der Waals surface area contributed by atoms with E-state index >= 15 is 0 Å². The monoisotopic (exact) mass is 517 g/mol. The number of carbonyl (C=O) groups excluding carboxylic acids is 1. The largest absolute Gasteiger partial charge is 0.493 e. The molecular weight excluding hydrogens is 478 g/mol. The van der Waals surface area contributed by atoms with Crippen molar-refractivity contribution < 1.29 is 22.7 Å². The number of carbonyl (C=O) groups is 1. The second kappa shape index (κ2) is 13.0. The van der Waals surface area contributed by atoms with Crippen LogP contribution in [0.25, 0.3) is 0 Å². The molecule has 2 N–H and O–H groups in total. The standard InChI is InChI=1S/C27H39N3O5S/c1-5-9-20(10-6-2)24-19-28-15-8-16-30(24)27(31)21-11-7-12-22(17-21)29-36(32,33)23-13-14-25(34-3)26(18-23)35-4/h7,11-14,17-18,20,24,28-29H,5-6,8-10,15-16,19H2,1-4H3. The number of methoxy groups -OCH3 is 2. The van der Waals surface area contributed by atoms with E-state index in [1.807, 2.05) is 4.90 Å². The van der Waals surface area contributed by atoms with Gasteiger partial charge in [-0.3, -0.25) is 9.52 Å². The molecule has 1 fully saturated rings. The van der Waals surface area contributed by atoms with Gasteiger partial charge in [0, 0.05) is 36.4 Å². The van der Waals surface area contributed by atoms with Gasteiger partial charge in [0.2, 0.25) is 0 Å². The lowest BCUT2D eigenvalue weighted by atomic mass is 9.89. The molecule has 9 heteroatoms. The topological polar surface area (TPSA) is 97.0 Å². The minimum atomic E-state index is -3.90. The van der Waals surface area contributed by atoms with E-state index in [4.69, 9.17) is 9.47 Å². The minimum Gasteiger partial charge on any atom is -0.493 e. The Morgan fingerprint density at radius 1 is 1.08 bits per heavy atom. The Morgan fingerprint density at radius 2 is 1.81 bits per heavy atom. The van der Waals surface area contributed by atoms with Gasteiger partial charge < -0.3 is 19.7 Å². The quantitative estimate of drug-likeness (QED) is 0.455. The molecule has 2 aromatic carbocycles. The molecule has 0 aliphatic carbocycles. The van der Waals surface area contributed by atoms with E-state index in [0.29, 0.717) is 35.2 Å². The maximum atomic E-state index is 13.7. The number of benzene rings is 2. The van der Waals surface area contributed by atoms with Crippen molar-refractivity contribution in [3.05, 3.63) is 48.0 Å². The van der Waals surface area contributed by atoms with Crippen LogP contribution in [0.1, 0.15) is 56.3 Å². The first-order valence-corrected chi connectivity index (χ1v) is 14.2. The van der Waals surface area contributed by atoms with Crippen molar-refractivity contribution in [3.63, 3.8) is 0 Å². The van der Waals surface area contributed by atoms with Gasteiger partial charge in [0.15, 0.2) is 11.5 Å². The highest BCUT2D eigenvalue weighted by atomic mass is 32.2. The summed E-state index contributed by atoms with van der Waals surface area (Å²) in [5.41, 5.74) is 0.806. The van der Waals surface area contributed by atoms with Crippen LogP contribution in [0.5, 0.6) is 11.5 Å². The van der Waals surface area contributed by atoms with Crippen molar-refractivity contribution >= 4 is 21.6 Å². The van der Waals surface area contributed by atoms with Gasteiger partial charge in [-0.1, -0.05) is 32.8 Å². The van der Waals surface area contributed by atoms with Crippen LogP contribution in [0.3, 0.4) is 0 Å². The summed E-state index contributed by atoms with van der Waals surface area (Å²) in [6, 6.07) is 11.2. The van der Waals surface area contributed by atoms with Gasteiger partial charge in [0.05, 0.1) is 19.1 Å². The molecule has 0 radical (unpaired) electrons. The second-order valence-electron chi connectivity index (χ2n) is 9.16. The molecule has 1 aliphatic heterocycles. The smallest absolute Gasteiger partial charge is 0.262 e. The van der Waals surface area contributed by atoms with Crippen LogP contribution in [0.15, 0.2) is 47.4 Å². The summed E-state index contributed by atoms with van der Waals surface area (Å²) in [6.45, 7) is 6.72. The summed E-state index contributed by atoms with van der Waals surface area (Å²) < 4.78 is 39.2. The van der Waals surface area contributed by atoms with Crippen LogP contribution in [0.4, 0.5) is 5.69 Å². The Morgan fingerprint density at radius 3 is 2.47 bits per heavy atom. The predicted molar refractivity (Wildman–Crippen MR) is 142 cm³/mol. The Kier molecular flexibility index (Phi) is 10.0. The molecule has 1 saturated heterocycles. The normalized spacial score (nSPS) is 16.5. The van der Waals surface area contributed by atoms with E-state index < -0.39 is 10.0 Å².